The van der Waals surface area contributed by atoms with Gasteiger partial charge in [-0.2, -0.15) is 0 Å². The number of carbonyl (C=O) groups is 1. The predicted molar refractivity (Wildman–Crippen MR) is 67.8 cm³/mol. The van der Waals surface area contributed by atoms with Gasteiger partial charge in [-0.05, 0) is 31.4 Å². The molecule has 0 bridgehead atoms. The lowest BCUT2D eigenvalue weighted by atomic mass is 10.1. The van der Waals surface area contributed by atoms with Gasteiger partial charge in [-0.1, -0.05) is 18.2 Å². The molecule has 0 aliphatic rings. The minimum Gasteiger partial charge on any atom is -0.396 e. The Morgan fingerprint density at radius 2 is 2.17 bits per heavy atom. The number of aliphatic hydroxyl groups is 1. The van der Waals surface area contributed by atoms with Crippen molar-refractivity contribution in [2.45, 2.75) is 25.8 Å². The van der Waals surface area contributed by atoms with Crippen molar-refractivity contribution in [1.82, 2.24) is 10.6 Å². The largest absolute Gasteiger partial charge is 0.396 e. The van der Waals surface area contributed by atoms with Crippen LogP contribution in [0, 0.1) is 5.82 Å². The zero-order valence-electron chi connectivity index (χ0n) is 10.4. The molecule has 1 atom stereocenters. The van der Waals surface area contributed by atoms with Crippen LogP contribution in [0.15, 0.2) is 24.3 Å². The molecule has 0 heterocycles. The van der Waals surface area contributed by atoms with Gasteiger partial charge in [0.2, 0.25) is 0 Å². The number of urea groups is 1. The Labute approximate surface area is 106 Å². The maximum Gasteiger partial charge on any atom is 0.315 e. The predicted octanol–water partition coefficient (Wildman–Crippen LogP) is 1.44. The van der Waals surface area contributed by atoms with Crippen molar-refractivity contribution in [1.29, 1.82) is 0 Å². The van der Waals surface area contributed by atoms with Crippen molar-refractivity contribution < 1.29 is 14.3 Å². The van der Waals surface area contributed by atoms with Crippen LogP contribution in [-0.4, -0.2) is 30.3 Å². The number of nitrogens with one attached hydrogen (secondary N) is 2. The molecule has 5 heteroatoms. The first-order valence-electron chi connectivity index (χ1n) is 6.02. The Hall–Kier alpha value is -1.62. The van der Waals surface area contributed by atoms with Gasteiger partial charge in [-0.15, -0.1) is 0 Å². The average Bonchev–Trinajstić information content (AvgIpc) is 2.31. The smallest absolute Gasteiger partial charge is 0.315 e. The zero-order valence-corrected chi connectivity index (χ0v) is 10.4. The summed E-state index contributed by atoms with van der Waals surface area (Å²) in [5.74, 6) is -0.256. The van der Waals surface area contributed by atoms with Crippen molar-refractivity contribution in [3.8, 4) is 0 Å². The Kier molecular flexibility index (Phi) is 6.14. The summed E-state index contributed by atoms with van der Waals surface area (Å²) in [5.41, 5.74) is 0.584. The summed E-state index contributed by atoms with van der Waals surface area (Å²) < 4.78 is 13.3. The first kappa shape index (κ1) is 14.4. The molecule has 0 aliphatic heterocycles. The third kappa shape index (κ3) is 5.14. The topological polar surface area (TPSA) is 61.4 Å². The quantitative estimate of drug-likeness (QED) is 0.719. The van der Waals surface area contributed by atoms with Crippen LogP contribution in [0.3, 0.4) is 0 Å². The van der Waals surface area contributed by atoms with Gasteiger partial charge in [-0.25, -0.2) is 9.18 Å². The van der Waals surface area contributed by atoms with Crippen molar-refractivity contribution in [3.63, 3.8) is 0 Å². The number of hydrogen-bond donors (Lipinski definition) is 3. The number of aliphatic hydroxyl groups excluding tert-OH is 1. The standard InChI is InChI=1S/C13H19FN2O2/c1-10(7-9-17)16-13(18)15-8-6-11-4-2-3-5-12(11)14/h2-5,10,17H,6-9H2,1H3,(H2,15,16,18)/t10-/m1/s1. The Morgan fingerprint density at radius 3 is 2.83 bits per heavy atom. The number of carbonyl (C=O) groups excluding carboxylic acids is 1. The second-order valence-corrected chi connectivity index (χ2v) is 4.15. The summed E-state index contributed by atoms with van der Waals surface area (Å²) in [6.07, 6.45) is 0.967. The van der Waals surface area contributed by atoms with Crippen LogP contribution in [0.1, 0.15) is 18.9 Å². The minimum atomic E-state index is -0.299. The minimum absolute atomic E-state index is 0.0384. The first-order chi connectivity index (χ1) is 8.63. The van der Waals surface area contributed by atoms with Crippen LogP contribution in [0.25, 0.3) is 0 Å². The fourth-order valence-electron chi connectivity index (χ4n) is 1.55. The lowest BCUT2D eigenvalue weighted by Gasteiger charge is -2.13. The molecular weight excluding hydrogens is 235 g/mol. The van der Waals surface area contributed by atoms with E-state index in [0.29, 0.717) is 24.9 Å². The average molecular weight is 254 g/mol. The molecule has 1 aromatic carbocycles. The number of amides is 2. The van der Waals surface area contributed by atoms with Gasteiger partial charge in [0.1, 0.15) is 5.82 Å². The molecule has 3 N–H and O–H groups in total. The highest BCUT2D eigenvalue weighted by molar-refractivity contribution is 5.74. The third-order valence-corrected chi connectivity index (χ3v) is 2.58. The van der Waals surface area contributed by atoms with Crippen molar-refractivity contribution in [2.75, 3.05) is 13.2 Å². The highest BCUT2D eigenvalue weighted by Gasteiger charge is 2.06. The molecule has 0 radical (unpaired) electrons. The molecule has 1 rings (SSSR count). The molecule has 0 unspecified atom stereocenters. The van der Waals surface area contributed by atoms with Gasteiger partial charge in [0, 0.05) is 19.2 Å². The van der Waals surface area contributed by atoms with Crippen LogP contribution < -0.4 is 10.6 Å². The molecule has 0 saturated carbocycles. The summed E-state index contributed by atoms with van der Waals surface area (Å²) in [5, 5.41) is 14.0. The molecular formula is C13H19FN2O2. The Morgan fingerprint density at radius 1 is 1.44 bits per heavy atom. The molecule has 0 spiro atoms. The zero-order chi connectivity index (χ0) is 13.4. The van der Waals surface area contributed by atoms with Gasteiger partial charge in [-0.3, -0.25) is 0 Å². The summed E-state index contributed by atoms with van der Waals surface area (Å²) in [7, 11) is 0. The van der Waals surface area contributed by atoms with Gasteiger partial charge in [0.05, 0.1) is 0 Å². The SMILES string of the molecule is C[C@H](CCO)NC(=O)NCCc1ccccc1F. The van der Waals surface area contributed by atoms with E-state index in [1.165, 1.54) is 6.07 Å². The maximum absolute atomic E-state index is 13.3. The number of benzene rings is 1. The number of rotatable bonds is 6. The fraction of sp³-hybridized carbons (Fsp3) is 0.462. The highest BCUT2D eigenvalue weighted by Crippen LogP contribution is 2.05. The normalized spacial score (nSPS) is 11.9. The van der Waals surface area contributed by atoms with Crippen LogP contribution in [0.2, 0.25) is 0 Å². The van der Waals surface area contributed by atoms with Crippen molar-refractivity contribution in [3.05, 3.63) is 35.6 Å². The van der Waals surface area contributed by atoms with E-state index in [-0.39, 0.29) is 24.5 Å². The van der Waals surface area contributed by atoms with E-state index >= 15 is 0 Å². The summed E-state index contributed by atoms with van der Waals surface area (Å²) in [4.78, 5) is 11.4. The molecule has 0 saturated heterocycles. The van der Waals surface area contributed by atoms with Crippen molar-refractivity contribution in [2.24, 2.45) is 0 Å². The van der Waals surface area contributed by atoms with Gasteiger partial charge in [0.15, 0.2) is 0 Å². The summed E-state index contributed by atoms with van der Waals surface area (Å²) in [6.45, 7) is 2.22. The highest BCUT2D eigenvalue weighted by atomic mass is 19.1. The second-order valence-electron chi connectivity index (χ2n) is 4.15. The molecule has 100 valence electrons. The molecule has 1 aromatic rings. The third-order valence-electron chi connectivity index (χ3n) is 2.58. The Bertz CT molecular complexity index is 385. The van der Waals surface area contributed by atoms with Crippen LogP contribution in [0.5, 0.6) is 0 Å². The summed E-state index contributed by atoms with van der Waals surface area (Å²) in [6, 6.07) is 6.12. The van der Waals surface area contributed by atoms with Gasteiger partial charge in [0.25, 0.3) is 0 Å². The van der Waals surface area contributed by atoms with Crippen LogP contribution >= 0.6 is 0 Å². The second kappa shape index (κ2) is 7.66. The maximum atomic E-state index is 13.3. The van der Waals surface area contributed by atoms with E-state index in [2.05, 4.69) is 10.6 Å². The van der Waals surface area contributed by atoms with E-state index in [4.69, 9.17) is 5.11 Å². The summed E-state index contributed by atoms with van der Waals surface area (Å²) >= 11 is 0. The van der Waals surface area contributed by atoms with Crippen LogP contribution in [-0.2, 0) is 6.42 Å². The molecule has 18 heavy (non-hydrogen) atoms. The lowest BCUT2D eigenvalue weighted by molar-refractivity contribution is 0.231. The Balaban J connectivity index is 2.25. The lowest BCUT2D eigenvalue weighted by Crippen LogP contribution is -2.41. The first-order valence-corrected chi connectivity index (χ1v) is 6.02. The monoisotopic (exact) mass is 254 g/mol. The van der Waals surface area contributed by atoms with Gasteiger partial charge >= 0.3 is 6.03 Å². The number of halogens is 1. The van der Waals surface area contributed by atoms with Gasteiger partial charge < -0.3 is 15.7 Å². The molecule has 0 aromatic heterocycles. The molecule has 4 nitrogen and oxygen atoms in total. The number of hydrogen-bond acceptors (Lipinski definition) is 2. The molecule has 0 aliphatic carbocycles. The molecule has 0 fully saturated rings. The van der Waals surface area contributed by atoms with E-state index < -0.39 is 0 Å². The van der Waals surface area contributed by atoms with E-state index in [0.717, 1.165) is 0 Å². The van der Waals surface area contributed by atoms with Crippen LogP contribution in [0.4, 0.5) is 9.18 Å². The van der Waals surface area contributed by atoms with E-state index in [1.54, 1.807) is 18.2 Å². The molecule has 2 amide bonds. The van der Waals surface area contributed by atoms with Crippen molar-refractivity contribution >= 4 is 6.03 Å². The van der Waals surface area contributed by atoms with E-state index in [9.17, 15) is 9.18 Å². The van der Waals surface area contributed by atoms with E-state index in [1.807, 2.05) is 6.92 Å². The fourth-order valence-corrected chi connectivity index (χ4v) is 1.55.